The summed E-state index contributed by atoms with van der Waals surface area (Å²) in [7, 11) is -8.24. The molecule has 0 saturated heterocycles. The molecule has 0 heterocycles. The molecule has 1 atom stereocenters. The molecule has 0 aliphatic carbocycles. The van der Waals surface area contributed by atoms with Gasteiger partial charge in [-0.25, -0.2) is 21.6 Å². The van der Waals surface area contributed by atoms with E-state index in [0.717, 1.165) is 38.3 Å². The average Bonchev–Trinajstić information content (AvgIpc) is 3.00. The van der Waals surface area contributed by atoms with E-state index in [1.54, 1.807) is 0 Å². The van der Waals surface area contributed by atoms with Gasteiger partial charge in [0.25, 0.3) is 10.0 Å². The van der Waals surface area contributed by atoms with Gasteiger partial charge in [0.2, 0.25) is 15.9 Å². The van der Waals surface area contributed by atoms with Crippen molar-refractivity contribution in [1.82, 2.24) is 4.72 Å². The highest BCUT2D eigenvalue weighted by Crippen LogP contribution is 2.30. The maximum atomic E-state index is 13.2. The number of unbranched alkanes of at least 4 members (excludes halogenated alkanes) is 13. The number of anilines is 2. The first-order valence-corrected chi connectivity index (χ1v) is 20.0. The number of carbonyl (C=O) groups is 2. The van der Waals surface area contributed by atoms with Gasteiger partial charge >= 0.3 is 0 Å². The number of rotatable bonds is 23. The zero-order valence-electron chi connectivity index (χ0n) is 26.5. The van der Waals surface area contributed by atoms with Gasteiger partial charge < -0.3 is 5.32 Å². The fourth-order valence-corrected chi connectivity index (χ4v) is 7.35. The molecule has 2 aromatic carbocycles. The van der Waals surface area contributed by atoms with Gasteiger partial charge in [0, 0.05) is 6.54 Å². The van der Waals surface area contributed by atoms with Gasteiger partial charge in [0.15, 0.2) is 11.2 Å². The molecular formula is C32H46Cl3N3O6S2. The summed E-state index contributed by atoms with van der Waals surface area (Å²) in [6, 6.07) is 7.23. The molecule has 0 aromatic heterocycles. The van der Waals surface area contributed by atoms with E-state index in [4.69, 9.17) is 34.8 Å². The minimum atomic E-state index is -4.31. The van der Waals surface area contributed by atoms with Crippen LogP contribution in [-0.2, 0) is 29.6 Å². The Hall–Kier alpha value is -1.89. The first kappa shape index (κ1) is 40.3. The van der Waals surface area contributed by atoms with Gasteiger partial charge in [-0.2, -0.15) is 0 Å². The molecule has 258 valence electrons. The highest BCUT2D eigenvalue weighted by molar-refractivity contribution is 7.92. The molecule has 14 heteroatoms. The maximum Gasteiger partial charge on any atom is 0.262 e. The third-order valence-corrected chi connectivity index (χ3v) is 11.4. The minimum Gasteiger partial charge on any atom is -0.323 e. The van der Waals surface area contributed by atoms with Crippen molar-refractivity contribution in [3.05, 3.63) is 46.4 Å². The van der Waals surface area contributed by atoms with Crippen LogP contribution < -0.4 is 14.8 Å². The smallest absolute Gasteiger partial charge is 0.262 e. The summed E-state index contributed by atoms with van der Waals surface area (Å²) in [6.45, 7) is 3.63. The highest BCUT2D eigenvalue weighted by atomic mass is 35.5. The molecule has 2 aromatic rings. The number of hydrogen-bond acceptors (Lipinski definition) is 6. The van der Waals surface area contributed by atoms with Crippen LogP contribution in [0.25, 0.3) is 0 Å². The Bertz CT molecular complexity index is 1500. The topological polar surface area (TPSA) is 139 Å². The molecule has 0 aliphatic rings. The van der Waals surface area contributed by atoms with Gasteiger partial charge in [0.1, 0.15) is 0 Å². The predicted octanol–water partition coefficient (Wildman–Crippen LogP) is 8.69. The molecule has 46 heavy (non-hydrogen) atoms. The van der Waals surface area contributed by atoms with E-state index in [2.05, 4.69) is 21.7 Å². The van der Waals surface area contributed by atoms with Gasteiger partial charge in [-0.3, -0.25) is 14.3 Å². The number of Topliss-reactive ketones (excluding diaryl/α,β-unsaturated/α-hetero) is 1. The number of benzene rings is 2. The molecule has 0 fully saturated rings. The van der Waals surface area contributed by atoms with Gasteiger partial charge in [0.05, 0.1) is 31.2 Å². The first-order valence-electron chi connectivity index (χ1n) is 15.9. The summed E-state index contributed by atoms with van der Waals surface area (Å²) in [5.74, 6) is -1.47. The number of ketones is 1. The summed E-state index contributed by atoms with van der Waals surface area (Å²) in [4.78, 5) is 23.1. The molecule has 0 spiro atoms. The number of halogens is 3. The zero-order valence-corrected chi connectivity index (χ0v) is 30.4. The SMILES string of the molecule is CCCCCCCCCCCCCCCCNS(=O)(=O)c1ccc(Cl)c(NS(=O)(=O)c2ccc(Cl)c(NC(=O)C(Cl)C(C)=O)c2)c1. The fraction of sp³-hybridized carbons (Fsp3) is 0.562. The van der Waals surface area contributed by atoms with Crippen molar-refractivity contribution in [2.24, 2.45) is 0 Å². The fourth-order valence-electron chi connectivity index (χ4n) is 4.71. The molecule has 0 aliphatic heterocycles. The van der Waals surface area contributed by atoms with Crippen molar-refractivity contribution >= 4 is 77.9 Å². The third-order valence-electron chi connectivity index (χ3n) is 7.41. The molecule has 1 amide bonds. The van der Waals surface area contributed by atoms with E-state index in [-0.39, 0.29) is 37.8 Å². The first-order chi connectivity index (χ1) is 21.8. The van der Waals surface area contributed by atoms with E-state index in [0.29, 0.717) is 6.42 Å². The van der Waals surface area contributed by atoms with Crippen LogP contribution >= 0.6 is 34.8 Å². The number of alkyl halides is 1. The van der Waals surface area contributed by atoms with Crippen molar-refractivity contribution in [2.75, 3.05) is 16.6 Å². The van der Waals surface area contributed by atoms with Crippen LogP contribution in [0, 0.1) is 0 Å². The molecule has 0 saturated carbocycles. The second-order valence-corrected chi connectivity index (χ2v) is 16.0. The van der Waals surface area contributed by atoms with Gasteiger partial charge in [-0.05, 0) is 49.7 Å². The Morgan fingerprint density at radius 3 is 1.61 bits per heavy atom. The lowest BCUT2D eigenvalue weighted by molar-refractivity contribution is -0.123. The Kier molecular flexibility index (Phi) is 17.9. The number of carbonyl (C=O) groups excluding carboxylic acids is 2. The average molecular weight is 739 g/mol. The molecule has 3 N–H and O–H groups in total. The molecular weight excluding hydrogens is 693 g/mol. The molecule has 0 radical (unpaired) electrons. The van der Waals surface area contributed by atoms with Crippen LogP contribution in [0.2, 0.25) is 10.0 Å². The molecule has 0 bridgehead atoms. The lowest BCUT2D eigenvalue weighted by atomic mass is 10.0. The number of amides is 1. The van der Waals surface area contributed by atoms with E-state index < -0.39 is 37.1 Å². The summed E-state index contributed by atoms with van der Waals surface area (Å²) >= 11 is 18.1. The second-order valence-electron chi connectivity index (χ2n) is 11.3. The second kappa shape index (κ2) is 20.5. The van der Waals surface area contributed by atoms with Crippen molar-refractivity contribution in [3.63, 3.8) is 0 Å². The Labute approximate surface area is 289 Å². The van der Waals surface area contributed by atoms with Crippen molar-refractivity contribution in [1.29, 1.82) is 0 Å². The quantitative estimate of drug-likeness (QED) is 0.0593. The number of hydrogen-bond donors (Lipinski definition) is 3. The Morgan fingerprint density at radius 1 is 0.674 bits per heavy atom. The van der Waals surface area contributed by atoms with Crippen molar-refractivity contribution in [3.8, 4) is 0 Å². The summed E-state index contributed by atoms with van der Waals surface area (Å²) in [5.41, 5.74) is -0.240. The summed E-state index contributed by atoms with van der Waals surface area (Å²) < 4.78 is 57.1. The Morgan fingerprint density at radius 2 is 1.11 bits per heavy atom. The van der Waals surface area contributed by atoms with E-state index in [9.17, 15) is 26.4 Å². The van der Waals surface area contributed by atoms with Crippen LogP contribution in [-0.4, -0.2) is 40.4 Å². The van der Waals surface area contributed by atoms with Gasteiger partial charge in [-0.1, -0.05) is 114 Å². The summed E-state index contributed by atoms with van der Waals surface area (Å²) in [6.07, 6.45) is 16.8. The lowest BCUT2D eigenvalue weighted by Gasteiger charge is -2.14. The molecule has 9 nitrogen and oxygen atoms in total. The van der Waals surface area contributed by atoms with E-state index >= 15 is 0 Å². The Balaban J connectivity index is 1.86. The zero-order chi connectivity index (χ0) is 34.2. The van der Waals surface area contributed by atoms with Crippen LogP contribution in [0.4, 0.5) is 11.4 Å². The van der Waals surface area contributed by atoms with Crippen LogP contribution in [0.5, 0.6) is 0 Å². The maximum absolute atomic E-state index is 13.2. The van der Waals surface area contributed by atoms with E-state index in [1.807, 2.05) is 0 Å². The van der Waals surface area contributed by atoms with Crippen LogP contribution in [0.3, 0.4) is 0 Å². The number of nitrogens with one attached hydrogen (secondary N) is 3. The van der Waals surface area contributed by atoms with Crippen molar-refractivity contribution < 1.29 is 26.4 Å². The van der Waals surface area contributed by atoms with E-state index in [1.165, 1.54) is 88.5 Å². The van der Waals surface area contributed by atoms with Crippen LogP contribution in [0.1, 0.15) is 104 Å². The predicted molar refractivity (Wildman–Crippen MR) is 188 cm³/mol. The van der Waals surface area contributed by atoms with Crippen LogP contribution in [0.15, 0.2) is 46.2 Å². The largest absolute Gasteiger partial charge is 0.323 e. The minimum absolute atomic E-state index is 0.00992. The third kappa shape index (κ3) is 14.1. The molecule has 2 rings (SSSR count). The highest BCUT2D eigenvalue weighted by Gasteiger charge is 2.24. The standard InChI is InChI=1S/C32H46Cl3N3O6S2/c1-3-4-5-6-7-8-9-10-11-12-13-14-15-16-21-36-45(41,42)25-17-20-28(34)30(23-25)38-46(43,44)26-18-19-27(33)29(22-26)37-32(40)31(35)24(2)39/h17-20,22-23,31,36,38H,3-16,21H2,1-2H3,(H,37,40). The van der Waals surface area contributed by atoms with Gasteiger partial charge in [-0.15, -0.1) is 11.6 Å². The lowest BCUT2D eigenvalue weighted by Crippen LogP contribution is -2.29. The monoisotopic (exact) mass is 737 g/mol. The summed E-state index contributed by atoms with van der Waals surface area (Å²) in [5, 5.41) is 0.833. The van der Waals surface area contributed by atoms with Crippen molar-refractivity contribution in [2.45, 2.75) is 119 Å². The molecule has 1 unspecified atom stereocenters. The normalized spacial score (nSPS) is 12.5. The number of sulfonamides is 2.